The Morgan fingerprint density at radius 1 is 1.43 bits per heavy atom. The molecule has 1 aliphatic rings. The molecule has 1 aromatic carbocycles. The van der Waals surface area contributed by atoms with Crippen LogP contribution in [0.4, 0.5) is 0 Å². The first-order valence-corrected chi connectivity index (χ1v) is 5.28. The van der Waals surface area contributed by atoms with E-state index in [1.165, 1.54) is 0 Å². The van der Waals surface area contributed by atoms with Crippen molar-refractivity contribution in [2.75, 3.05) is 0 Å². The van der Waals surface area contributed by atoms with Gasteiger partial charge in [0.1, 0.15) is 0 Å². The summed E-state index contributed by atoms with van der Waals surface area (Å²) in [6.07, 6.45) is 0.487. The normalized spacial score (nSPS) is 22.1. The third-order valence-corrected chi connectivity index (χ3v) is 2.75. The zero-order valence-electron chi connectivity index (χ0n) is 7.27. The third kappa shape index (κ3) is 1.61. The van der Waals surface area contributed by atoms with Crippen LogP contribution in [0.3, 0.4) is 0 Å². The number of carbonyl (C=O) groups excluding carboxylic acids is 1. The minimum Gasteiger partial charge on any atom is -0.294 e. The first kappa shape index (κ1) is 9.51. The van der Waals surface area contributed by atoms with E-state index in [2.05, 4.69) is 4.72 Å². The second-order valence-electron chi connectivity index (χ2n) is 3.15. The summed E-state index contributed by atoms with van der Waals surface area (Å²) in [5, 5.41) is 0. The van der Waals surface area contributed by atoms with Gasteiger partial charge in [-0.3, -0.25) is 9.35 Å². The van der Waals surface area contributed by atoms with Crippen molar-refractivity contribution in [2.24, 2.45) is 0 Å². The van der Waals surface area contributed by atoms with Crippen LogP contribution in [-0.2, 0) is 17.7 Å². The van der Waals surface area contributed by atoms with Crippen LogP contribution in [0, 0.1) is 0 Å². The van der Waals surface area contributed by atoms with E-state index >= 15 is 0 Å². The molecule has 2 N–H and O–H groups in total. The fourth-order valence-corrected chi connectivity index (χ4v) is 2.09. The molecular weight excluding hydrogens is 202 g/mol. The van der Waals surface area contributed by atoms with Crippen LogP contribution in [0.1, 0.15) is 15.9 Å². The third-order valence-electron chi connectivity index (χ3n) is 2.27. The molecule has 4 nitrogen and oxygen atoms in total. The highest BCUT2D eigenvalue weighted by Gasteiger charge is 2.30. The van der Waals surface area contributed by atoms with E-state index in [4.69, 9.17) is 4.55 Å². The Morgan fingerprint density at radius 2 is 2.14 bits per heavy atom. The Kier molecular flexibility index (Phi) is 2.45. The quantitative estimate of drug-likeness (QED) is 0.701. The van der Waals surface area contributed by atoms with Gasteiger partial charge in [0, 0.05) is 5.56 Å². The van der Waals surface area contributed by atoms with E-state index in [0.29, 0.717) is 12.0 Å². The fourth-order valence-electron chi connectivity index (χ4n) is 1.66. The van der Waals surface area contributed by atoms with Crippen LogP contribution < -0.4 is 4.72 Å². The van der Waals surface area contributed by atoms with E-state index in [0.717, 1.165) is 5.56 Å². The lowest BCUT2D eigenvalue weighted by Gasteiger charge is -2.04. The van der Waals surface area contributed by atoms with E-state index < -0.39 is 17.3 Å². The van der Waals surface area contributed by atoms with Gasteiger partial charge in [-0.05, 0) is 12.0 Å². The van der Waals surface area contributed by atoms with Gasteiger partial charge in [-0.15, -0.1) is 0 Å². The first-order valence-electron chi connectivity index (χ1n) is 4.17. The maximum atomic E-state index is 11.6. The molecule has 0 saturated heterocycles. The molecular formula is C9H9NO3S. The molecule has 5 heteroatoms. The van der Waals surface area contributed by atoms with Crippen molar-refractivity contribution >= 4 is 17.0 Å². The lowest BCUT2D eigenvalue weighted by atomic mass is 10.1. The van der Waals surface area contributed by atoms with Crippen molar-refractivity contribution in [3.05, 3.63) is 35.4 Å². The SMILES string of the molecule is O=C1c2ccccc2CC1NS(=O)O. The van der Waals surface area contributed by atoms with Crippen molar-refractivity contribution in [3.63, 3.8) is 0 Å². The summed E-state index contributed by atoms with van der Waals surface area (Å²) in [7, 11) is 0. The van der Waals surface area contributed by atoms with Gasteiger partial charge in [-0.1, -0.05) is 24.3 Å². The number of fused-ring (bicyclic) bond motifs is 1. The molecule has 2 unspecified atom stereocenters. The zero-order chi connectivity index (χ0) is 10.1. The van der Waals surface area contributed by atoms with Gasteiger partial charge in [0.05, 0.1) is 6.04 Å². The summed E-state index contributed by atoms with van der Waals surface area (Å²) in [6.45, 7) is 0. The molecule has 0 bridgehead atoms. The van der Waals surface area contributed by atoms with Gasteiger partial charge in [-0.2, -0.15) is 0 Å². The molecule has 74 valence electrons. The zero-order valence-corrected chi connectivity index (χ0v) is 8.08. The van der Waals surface area contributed by atoms with Crippen molar-refractivity contribution < 1.29 is 13.6 Å². The molecule has 0 spiro atoms. The highest BCUT2D eigenvalue weighted by atomic mass is 32.2. The Morgan fingerprint density at radius 3 is 2.79 bits per heavy atom. The predicted octanol–water partition coefficient (Wildman–Crippen LogP) is 0.520. The van der Waals surface area contributed by atoms with Crippen molar-refractivity contribution in [1.82, 2.24) is 4.72 Å². The molecule has 0 aliphatic heterocycles. The molecule has 0 amide bonds. The average Bonchev–Trinajstić information content (AvgIpc) is 2.44. The predicted molar refractivity (Wildman–Crippen MR) is 52.2 cm³/mol. The molecule has 1 aromatic rings. The number of nitrogens with one attached hydrogen (secondary N) is 1. The molecule has 2 atom stereocenters. The van der Waals surface area contributed by atoms with E-state index in [9.17, 15) is 9.00 Å². The van der Waals surface area contributed by atoms with Gasteiger partial charge in [0.2, 0.25) is 11.3 Å². The Labute approximate surface area is 83.7 Å². The highest BCUT2D eigenvalue weighted by Crippen LogP contribution is 2.21. The van der Waals surface area contributed by atoms with Crippen LogP contribution in [0.5, 0.6) is 0 Å². The summed E-state index contributed by atoms with van der Waals surface area (Å²) in [5.74, 6) is -0.108. The number of hydrogen-bond donors (Lipinski definition) is 2. The van der Waals surface area contributed by atoms with Crippen LogP contribution in [0.25, 0.3) is 0 Å². The number of rotatable bonds is 2. The second-order valence-corrected chi connectivity index (χ2v) is 3.88. The van der Waals surface area contributed by atoms with Gasteiger partial charge >= 0.3 is 0 Å². The van der Waals surface area contributed by atoms with Crippen molar-refractivity contribution in [2.45, 2.75) is 12.5 Å². The van der Waals surface area contributed by atoms with Gasteiger partial charge in [0.25, 0.3) is 0 Å². The smallest absolute Gasteiger partial charge is 0.232 e. The molecule has 1 aliphatic carbocycles. The fraction of sp³-hybridized carbons (Fsp3) is 0.222. The van der Waals surface area contributed by atoms with Crippen LogP contribution >= 0.6 is 0 Å². The summed E-state index contributed by atoms with van der Waals surface area (Å²) in [5.41, 5.74) is 1.58. The molecule has 0 saturated carbocycles. The summed E-state index contributed by atoms with van der Waals surface area (Å²) >= 11 is -2.14. The molecule has 0 aromatic heterocycles. The lowest BCUT2D eigenvalue weighted by Crippen LogP contribution is -2.35. The standard InChI is InChI=1S/C9H9NO3S/c11-9-7-4-2-1-3-6(7)5-8(9)10-14(12)13/h1-4,8,10H,5H2,(H,12,13). The molecule has 14 heavy (non-hydrogen) atoms. The average molecular weight is 211 g/mol. The Balaban J connectivity index is 2.26. The first-order chi connectivity index (χ1) is 6.68. The van der Waals surface area contributed by atoms with Crippen molar-refractivity contribution in [1.29, 1.82) is 0 Å². The number of carbonyl (C=O) groups is 1. The van der Waals surface area contributed by atoms with Crippen LogP contribution in [-0.4, -0.2) is 20.6 Å². The maximum absolute atomic E-state index is 11.6. The molecule has 0 heterocycles. The molecule has 0 radical (unpaired) electrons. The topological polar surface area (TPSA) is 66.4 Å². The monoisotopic (exact) mass is 211 g/mol. The minimum absolute atomic E-state index is 0.108. The number of hydrogen-bond acceptors (Lipinski definition) is 2. The Hall–Kier alpha value is -1.04. The number of Topliss-reactive ketones (excluding diaryl/α,β-unsaturated/α-hetero) is 1. The largest absolute Gasteiger partial charge is 0.294 e. The molecule has 0 fully saturated rings. The van der Waals surface area contributed by atoms with Gasteiger partial charge < -0.3 is 0 Å². The summed E-state index contributed by atoms with van der Waals surface area (Å²) < 4.78 is 21.4. The Bertz CT molecular complexity index is 405. The second kappa shape index (κ2) is 3.61. The van der Waals surface area contributed by atoms with E-state index in [-0.39, 0.29) is 5.78 Å². The van der Waals surface area contributed by atoms with Crippen LogP contribution in [0.2, 0.25) is 0 Å². The summed E-state index contributed by atoms with van der Waals surface area (Å²) in [4.78, 5) is 11.6. The number of benzene rings is 1. The van der Waals surface area contributed by atoms with Crippen molar-refractivity contribution in [3.8, 4) is 0 Å². The highest BCUT2D eigenvalue weighted by molar-refractivity contribution is 7.77. The van der Waals surface area contributed by atoms with E-state index in [1.54, 1.807) is 12.1 Å². The minimum atomic E-state index is -2.14. The lowest BCUT2D eigenvalue weighted by molar-refractivity contribution is 0.0967. The van der Waals surface area contributed by atoms with Gasteiger partial charge in [0.15, 0.2) is 5.78 Å². The summed E-state index contributed by atoms with van der Waals surface area (Å²) in [6, 6.07) is 6.67. The maximum Gasteiger partial charge on any atom is 0.232 e. The van der Waals surface area contributed by atoms with Gasteiger partial charge in [-0.25, -0.2) is 8.93 Å². The number of ketones is 1. The van der Waals surface area contributed by atoms with E-state index in [1.807, 2.05) is 12.1 Å². The molecule has 2 rings (SSSR count). The van der Waals surface area contributed by atoms with Crippen LogP contribution in [0.15, 0.2) is 24.3 Å².